The smallest absolute Gasteiger partial charge is 0.338 e. The topological polar surface area (TPSA) is 81.2 Å². The molecule has 0 atom stereocenters. The molecule has 1 aromatic carbocycles. The summed E-state index contributed by atoms with van der Waals surface area (Å²) in [6.07, 6.45) is 3.36. The number of thiazole rings is 1. The van der Waals surface area contributed by atoms with Crippen molar-refractivity contribution in [2.75, 3.05) is 11.9 Å². The van der Waals surface area contributed by atoms with Gasteiger partial charge in [0, 0.05) is 29.0 Å². The lowest BCUT2D eigenvalue weighted by Crippen LogP contribution is -2.12. The molecular weight excluding hydrogens is 338 g/mol. The van der Waals surface area contributed by atoms with Gasteiger partial charge >= 0.3 is 5.97 Å². The lowest BCUT2D eigenvalue weighted by molar-refractivity contribution is 0.0526. The Hall–Kier alpha value is -3.06. The molecule has 2 aromatic heterocycles. The van der Waals surface area contributed by atoms with Crippen LogP contribution in [0, 0.1) is 0 Å². The molecule has 3 rings (SSSR count). The Bertz CT molecular complexity index is 876. The zero-order valence-corrected chi connectivity index (χ0v) is 14.2. The first-order valence-corrected chi connectivity index (χ1v) is 8.50. The number of nitrogens with one attached hydrogen (secondary N) is 1. The van der Waals surface area contributed by atoms with Crippen LogP contribution in [0.15, 0.2) is 54.2 Å². The highest BCUT2D eigenvalue weighted by atomic mass is 32.1. The lowest BCUT2D eigenvalue weighted by atomic mass is 10.2. The average molecular weight is 353 g/mol. The van der Waals surface area contributed by atoms with E-state index in [1.54, 1.807) is 49.0 Å². The number of rotatable bonds is 5. The SMILES string of the molecule is CCOC(=O)c1ccc(NC(=O)c2csc(-c3ccncc3)n2)cc1. The molecular formula is C18H15N3O3S. The van der Waals surface area contributed by atoms with E-state index in [4.69, 9.17) is 4.74 Å². The maximum absolute atomic E-state index is 12.3. The third-order valence-electron chi connectivity index (χ3n) is 3.32. The molecule has 0 bridgehead atoms. The Kier molecular flexibility index (Phi) is 5.15. The number of esters is 1. The van der Waals surface area contributed by atoms with Crippen molar-refractivity contribution in [1.82, 2.24) is 9.97 Å². The van der Waals surface area contributed by atoms with Crippen LogP contribution in [0.25, 0.3) is 10.6 Å². The molecule has 6 nitrogen and oxygen atoms in total. The predicted octanol–water partition coefficient (Wildman–Crippen LogP) is 3.63. The Labute approximate surface area is 148 Å². The molecule has 0 radical (unpaired) electrons. The Balaban J connectivity index is 1.68. The van der Waals surface area contributed by atoms with E-state index >= 15 is 0 Å². The Morgan fingerprint density at radius 1 is 1.12 bits per heavy atom. The highest BCUT2D eigenvalue weighted by Gasteiger charge is 2.13. The number of carbonyl (C=O) groups excluding carboxylic acids is 2. The van der Waals surface area contributed by atoms with E-state index in [-0.39, 0.29) is 11.9 Å². The van der Waals surface area contributed by atoms with Crippen molar-refractivity contribution in [3.63, 3.8) is 0 Å². The first kappa shape index (κ1) is 16.8. The molecule has 7 heteroatoms. The molecule has 2 heterocycles. The summed E-state index contributed by atoms with van der Waals surface area (Å²) in [6.45, 7) is 2.07. The van der Waals surface area contributed by atoms with Crippen molar-refractivity contribution in [3.05, 3.63) is 65.4 Å². The maximum atomic E-state index is 12.3. The highest BCUT2D eigenvalue weighted by Crippen LogP contribution is 2.23. The van der Waals surface area contributed by atoms with Crippen molar-refractivity contribution in [3.8, 4) is 10.6 Å². The van der Waals surface area contributed by atoms with Gasteiger partial charge in [-0.1, -0.05) is 0 Å². The van der Waals surface area contributed by atoms with E-state index in [9.17, 15) is 9.59 Å². The number of pyridine rings is 1. The van der Waals surface area contributed by atoms with Gasteiger partial charge in [0.15, 0.2) is 0 Å². The van der Waals surface area contributed by atoms with E-state index < -0.39 is 0 Å². The van der Waals surface area contributed by atoms with Crippen molar-refractivity contribution >= 4 is 28.9 Å². The fraction of sp³-hybridized carbons (Fsp3) is 0.111. The van der Waals surface area contributed by atoms with Crippen LogP contribution in [-0.4, -0.2) is 28.5 Å². The van der Waals surface area contributed by atoms with Gasteiger partial charge in [-0.25, -0.2) is 9.78 Å². The fourth-order valence-corrected chi connectivity index (χ4v) is 2.91. The molecule has 3 aromatic rings. The first-order valence-electron chi connectivity index (χ1n) is 7.62. The summed E-state index contributed by atoms with van der Waals surface area (Å²) in [5, 5.41) is 5.22. The Morgan fingerprint density at radius 3 is 2.52 bits per heavy atom. The number of hydrogen-bond donors (Lipinski definition) is 1. The summed E-state index contributed by atoms with van der Waals surface area (Å²) in [7, 11) is 0. The van der Waals surface area contributed by atoms with Crippen LogP contribution < -0.4 is 5.32 Å². The highest BCUT2D eigenvalue weighted by molar-refractivity contribution is 7.13. The van der Waals surface area contributed by atoms with Gasteiger partial charge in [0.05, 0.1) is 12.2 Å². The number of nitrogens with zero attached hydrogens (tertiary/aromatic N) is 2. The number of hydrogen-bond acceptors (Lipinski definition) is 6. The molecule has 0 spiro atoms. The summed E-state index contributed by atoms with van der Waals surface area (Å²) < 4.78 is 4.92. The number of anilines is 1. The number of ether oxygens (including phenoxy) is 1. The molecule has 0 aliphatic carbocycles. The van der Waals surface area contributed by atoms with Crippen LogP contribution in [0.1, 0.15) is 27.8 Å². The van der Waals surface area contributed by atoms with Crippen molar-refractivity contribution in [1.29, 1.82) is 0 Å². The number of carbonyl (C=O) groups is 2. The van der Waals surface area contributed by atoms with Gasteiger partial charge in [0.1, 0.15) is 10.7 Å². The zero-order valence-electron chi connectivity index (χ0n) is 13.4. The minimum atomic E-state index is -0.387. The van der Waals surface area contributed by atoms with E-state index in [2.05, 4.69) is 15.3 Å². The molecule has 0 saturated carbocycles. The third kappa shape index (κ3) is 4.07. The van der Waals surface area contributed by atoms with Crippen LogP contribution in [-0.2, 0) is 4.74 Å². The molecule has 0 aliphatic rings. The van der Waals surface area contributed by atoms with E-state index in [1.807, 2.05) is 12.1 Å². The van der Waals surface area contributed by atoms with Gasteiger partial charge < -0.3 is 10.1 Å². The van der Waals surface area contributed by atoms with Gasteiger partial charge in [-0.05, 0) is 43.3 Å². The van der Waals surface area contributed by atoms with Gasteiger partial charge in [-0.2, -0.15) is 0 Å². The standard InChI is InChI=1S/C18H15N3O3S/c1-2-24-18(23)13-3-5-14(6-4-13)20-16(22)15-11-25-17(21-15)12-7-9-19-10-8-12/h3-11H,2H2,1H3,(H,20,22). The monoisotopic (exact) mass is 353 g/mol. The fourth-order valence-electron chi connectivity index (χ4n) is 2.10. The van der Waals surface area contributed by atoms with E-state index in [0.717, 1.165) is 10.6 Å². The summed E-state index contributed by atoms with van der Waals surface area (Å²) in [5.41, 5.74) is 2.27. The Morgan fingerprint density at radius 2 is 1.84 bits per heavy atom. The predicted molar refractivity (Wildman–Crippen MR) is 95.7 cm³/mol. The summed E-state index contributed by atoms with van der Waals surface area (Å²) >= 11 is 1.39. The normalized spacial score (nSPS) is 10.3. The molecule has 0 aliphatic heterocycles. The molecule has 1 amide bonds. The molecule has 0 fully saturated rings. The van der Waals surface area contributed by atoms with Gasteiger partial charge in [-0.15, -0.1) is 11.3 Å². The lowest BCUT2D eigenvalue weighted by Gasteiger charge is -2.05. The minimum absolute atomic E-state index is 0.305. The van der Waals surface area contributed by atoms with Gasteiger partial charge in [0.2, 0.25) is 0 Å². The molecule has 0 saturated heterocycles. The second-order valence-electron chi connectivity index (χ2n) is 5.03. The van der Waals surface area contributed by atoms with Crippen LogP contribution in [0.3, 0.4) is 0 Å². The average Bonchev–Trinajstić information content (AvgIpc) is 3.13. The first-order chi connectivity index (χ1) is 12.2. The summed E-state index contributed by atoms with van der Waals surface area (Å²) in [4.78, 5) is 32.2. The van der Waals surface area contributed by atoms with Crippen molar-refractivity contribution < 1.29 is 14.3 Å². The molecule has 25 heavy (non-hydrogen) atoms. The van der Waals surface area contributed by atoms with Crippen molar-refractivity contribution in [2.45, 2.75) is 6.92 Å². The number of benzene rings is 1. The quantitative estimate of drug-likeness (QED) is 0.708. The molecule has 126 valence electrons. The van der Waals surface area contributed by atoms with Crippen LogP contribution in [0.5, 0.6) is 0 Å². The van der Waals surface area contributed by atoms with Gasteiger partial charge in [0.25, 0.3) is 5.91 Å². The van der Waals surface area contributed by atoms with Crippen LogP contribution in [0.2, 0.25) is 0 Å². The van der Waals surface area contributed by atoms with Crippen LogP contribution in [0.4, 0.5) is 5.69 Å². The van der Waals surface area contributed by atoms with E-state index in [1.165, 1.54) is 11.3 Å². The van der Waals surface area contributed by atoms with Gasteiger partial charge in [-0.3, -0.25) is 9.78 Å². The molecule has 1 N–H and O–H groups in total. The molecule has 0 unspecified atom stereocenters. The van der Waals surface area contributed by atoms with Crippen molar-refractivity contribution in [2.24, 2.45) is 0 Å². The summed E-state index contributed by atoms with van der Waals surface area (Å²) in [5.74, 6) is -0.692. The maximum Gasteiger partial charge on any atom is 0.338 e. The second kappa shape index (κ2) is 7.67. The second-order valence-corrected chi connectivity index (χ2v) is 5.88. The summed E-state index contributed by atoms with van der Waals surface area (Å²) in [6, 6.07) is 10.2. The van der Waals surface area contributed by atoms with Crippen LogP contribution >= 0.6 is 11.3 Å². The van der Waals surface area contributed by atoms with E-state index in [0.29, 0.717) is 23.6 Å². The number of aromatic nitrogens is 2. The largest absolute Gasteiger partial charge is 0.462 e. The number of amides is 1. The zero-order chi connectivity index (χ0) is 17.6. The third-order valence-corrected chi connectivity index (χ3v) is 4.21. The minimum Gasteiger partial charge on any atom is -0.462 e.